The summed E-state index contributed by atoms with van der Waals surface area (Å²) in [6.07, 6.45) is 4.22. The summed E-state index contributed by atoms with van der Waals surface area (Å²) in [6.45, 7) is 9.52. The largest absolute Gasteiger partial charge is 0.0654 e. The minimum absolute atomic E-state index is 1.01. The quantitative estimate of drug-likeness (QED) is 0.581. The van der Waals surface area contributed by atoms with Gasteiger partial charge in [0.15, 0.2) is 0 Å². The van der Waals surface area contributed by atoms with Gasteiger partial charge in [-0.25, -0.2) is 0 Å². The third-order valence-electron chi connectivity index (χ3n) is 3.79. The molecule has 0 aromatic rings. The second-order valence-electron chi connectivity index (χ2n) is 4.24. The number of hydrogen-bond acceptors (Lipinski definition) is 0. The second-order valence-corrected chi connectivity index (χ2v) is 4.24. The van der Waals surface area contributed by atoms with Gasteiger partial charge in [-0.2, -0.15) is 0 Å². The average molecular weight is 154 g/mol. The molecular weight excluding hydrogens is 132 g/mol. The molecule has 0 nitrogen and oxygen atoms in total. The normalized spacial score (nSPS) is 43.6. The Morgan fingerprint density at radius 3 is 1.82 bits per heavy atom. The molecule has 2 atom stereocenters. The zero-order valence-corrected chi connectivity index (χ0v) is 8.43. The molecule has 0 aliphatic heterocycles. The van der Waals surface area contributed by atoms with E-state index in [1.165, 1.54) is 19.3 Å². The molecule has 1 rings (SSSR count). The van der Waals surface area contributed by atoms with E-state index >= 15 is 0 Å². The third-order valence-corrected chi connectivity index (χ3v) is 3.79. The van der Waals surface area contributed by atoms with Gasteiger partial charge in [-0.1, -0.05) is 47.0 Å². The van der Waals surface area contributed by atoms with E-state index in [4.69, 9.17) is 0 Å². The fourth-order valence-corrected chi connectivity index (χ4v) is 3.05. The van der Waals surface area contributed by atoms with Crippen LogP contribution in [-0.2, 0) is 0 Å². The Labute approximate surface area is 71.4 Å². The molecule has 11 heavy (non-hydrogen) atoms. The Hall–Kier alpha value is 0. The van der Waals surface area contributed by atoms with E-state index in [1.807, 2.05) is 0 Å². The van der Waals surface area contributed by atoms with E-state index in [0.717, 1.165) is 23.7 Å². The molecular formula is C11H22. The summed E-state index contributed by atoms with van der Waals surface area (Å²) in [6, 6.07) is 0. The highest BCUT2D eigenvalue weighted by Crippen LogP contribution is 2.49. The maximum Gasteiger partial charge on any atom is -0.0357 e. The van der Waals surface area contributed by atoms with E-state index in [-0.39, 0.29) is 0 Å². The van der Waals surface area contributed by atoms with Gasteiger partial charge in [-0.3, -0.25) is 0 Å². The third kappa shape index (κ3) is 1.45. The maximum atomic E-state index is 2.44. The lowest BCUT2D eigenvalue weighted by Gasteiger charge is -2.49. The zero-order valence-electron chi connectivity index (χ0n) is 8.43. The van der Waals surface area contributed by atoms with Crippen LogP contribution in [0.1, 0.15) is 47.0 Å². The summed E-state index contributed by atoms with van der Waals surface area (Å²) in [5.41, 5.74) is 0. The van der Waals surface area contributed by atoms with Crippen molar-refractivity contribution >= 4 is 0 Å². The van der Waals surface area contributed by atoms with Gasteiger partial charge in [0.2, 0.25) is 0 Å². The van der Waals surface area contributed by atoms with Crippen molar-refractivity contribution in [1.29, 1.82) is 0 Å². The Balaban J connectivity index is 2.36. The van der Waals surface area contributed by atoms with Crippen molar-refractivity contribution in [2.24, 2.45) is 23.7 Å². The second kappa shape index (κ2) is 3.60. The predicted octanol–water partition coefficient (Wildman–Crippen LogP) is 3.71. The molecule has 1 fully saturated rings. The molecule has 0 aromatic carbocycles. The molecule has 0 heterocycles. The molecule has 0 N–H and O–H groups in total. The van der Waals surface area contributed by atoms with Gasteiger partial charge in [0.1, 0.15) is 0 Å². The van der Waals surface area contributed by atoms with Crippen molar-refractivity contribution in [3.63, 3.8) is 0 Å². The van der Waals surface area contributed by atoms with Crippen molar-refractivity contribution < 1.29 is 0 Å². The minimum Gasteiger partial charge on any atom is -0.0654 e. The van der Waals surface area contributed by atoms with Gasteiger partial charge in [-0.05, 0) is 23.7 Å². The van der Waals surface area contributed by atoms with Crippen molar-refractivity contribution in [2.75, 3.05) is 0 Å². The van der Waals surface area contributed by atoms with Crippen molar-refractivity contribution in [3.05, 3.63) is 0 Å². The molecule has 1 aliphatic carbocycles. The highest BCUT2D eigenvalue weighted by atomic mass is 14.5. The van der Waals surface area contributed by atoms with Gasteiger partial charge in [0.25, 0.3) is 0 Å². The molecule has 0 bridgehead atoms. The Kier molecular flexibility index (Phi) is 2.98. The van der Waals surface area contributed by atoms with E-state index in [2.05, 4.69) is 27.7 Å². The summed E-state index contributed by atoms with van der Waals surface area (Å²) < 4.78 is 0. The first-order valence-corrected chi connectivity index (χ1v) is 5.22. The van der Waals surface area contributed by atoms with E-state index in [9.17, 15) is 0 Å². The van der Waals surface area contributed by atoms with E-state index < -0.39 is 0 Å². The van der Waals surface area contributed by atoms with Crippen molar-refractivity contribution in [1.82, 2.24) is 0 Å². The van der Waals surface area contributed by atoms with Crippen LogP contribution in [0.5, 0.6) is 0 Å². The Bertz CT molecular complexity index is 107. The topological polar surface area (TPSA) is 0 Å². The summed E-state index contributed by atoms with van der Waals surface area (Å²) in [5.74, 6) is 4.10. The van der Waals surface area contributed by atoms with E-state index in [0.29, 0.717) is 0 Å². The molecule has 0 amide bonds. The molecule has 0 aromatic heterocycles. The molecule has 0 spiro atoms. The minimum atomic E-state index is 1.01. The van der Waals surface area contributed by atoms with Gasteiger partial charge in [-0.15, -0.1) is 0 Å². The highest BCUT2D eigenvalue weighted by Gasteiger charge is 2.42. The van der Waals surface area contributed by atoms with Gasteiger partial charge >= 0.3 is 0 Å². The van der Waals surface area contributed by atoms with Crippen LogP contribution in [0.25, 0.3) is 0 Å². The first kappa shape index (κ1) is 9.09. The summed E-state index contributed by atoms with van der Waals surface area (Å²) in [7, 11) is 0. The van der Waals surface area contributed by atoms with Crippen molar-refractivity contribution in [3.8, 4) is 0 Å². The molecule has 0 saturated heterocycles. The summed E-state index contributed by atoms with van der Waals surface area (Å²) in [5, 5.41) is 0. The lowest BCUT2D eigenvalue weighted by molar-refractivity contribution is -0.00621. The Morgan fingerprint density at radius 2 is 1.45 bits per heavy atom. The molecule has 0 radical (unpaired) electrons. The smallest absolute Gasteiger partial charge is 0.0357 e. The monoisotopic (exact) mass is 154 g/mol. The van der Waals surface area contributed by atoms with Crippen LogP contribution in [0.2, 0.25) is 0 Å². The molecule has 1 aliphatic rings. The van der Waals surface area contributed by atoms with Crippen LogP contribution in [0.15, 0.2) is 0 Å². The standard InChI is InChI=1S/C11H22/c1-5-7-11-8(3)10(6-2)9(11)4/h8-11H,5-7H2,1-4H3. The van der Waals surface area contributed by atoms with E-state index in [1.54, 1.807) is 0 Å². The summed E-state index contributed by atoms with van der Waals surface area (Å²) in [4.78, 5) is 0. The SMILES string of the molecule is CCCC1C(C)C(CC)C1C. The average Bonchev–Trinajstić information content (AvgIpc) is 2.01. The van der Waals surface area contributed by atoms with Gasteiger partial charge in [0.05, 0.1) is 0 Å². The molecule has 2 unspecified atom stereocenters. The lowest BCUT2D eigenvalue weighted by Crippen LogP contribution is -2.43. The molecule has 1 saturated carbocycles. The lowest BCUT2D eigenvalue weighted by atomic mass is 9.56. The van der Waals surface area contributed by atoms with Gasteiger partial charge < -0.3 is 0 Å². The first-order chi connectivity index (χ1) is 5.22. The highest BCUT2D eigenvalue weighted by molar-refractivity contribution is 4.91. The molecule has 66 valence electrons. The van der Waals surface area contributed by atoms with Crippen LogP contribution in [0, 0.1) is 23.7 Å². The van der Waals surface area contributed by atoms with Gasteiger partial charge in [0, 0.05) is 0 Å². The fraction of sp³-hybridized carbons (Fsp3) is 1.00. The maximum absolute atomic E-state index is 2.44. The van der Waals surface area contributed by atoms with Crippen LogP contribution >= 0.6 is 0 Å². The number of hydrogen-bond donors (Lipinski definition) is 0. The Morgan fingerprint density at radius 1 is 0.909 bits per heavy atom. The van der Waals surface area contributed by atoms with Crippen LogP contribution in [0.3, 0.4) is 0 Å². The molecule has 0 heteroatoms. The first-order valence-electron chi connectivity index (χ1n) is 5.22. The number of rotatable bonds is 3. The van der Waals surface area contributed by atoms with Crippen LogP contribution in [-0.4, -0.2) is 0 Å². The van der Waals surface area contributed by atoms with Crippen molar-refractivity contribution in [2.45, 2.75) is 47.0 Å². The zero-order chi connectivity index (χ0) is 8.43. The van der Waals surface area contributed by atoms with Crippen LogP contribution in [0.4, 0.5) is 0 Å². The van der Waals surface area contributed by atoms with Crippen LogP contribution < -0.4 is 0 Å². The summed E-state index contributed by atoms with van der Waals surface area (Å²) >= 11 is 0. The predicted molar refractivity (Wildman–Crippen MR) is 50.5 cm³/mol. The fourth-order valence-electron chi connectivity index (χ4n) is 3.05.